The standard InChI is InChI=1S/C16H13NO/c1-17-16-9-4-3-7-14(16)11-10-13-6-5-8-15(12-13)18-2/h3-12H,2H3/b11-10+. The van der Waals surface area contributed by atoms with Gasteiger partial charge >= 0.3 is 0 Å². The fraction of sp³-hybridized carbons (Fsp3) is 0.0625. The van der Waals surface area contributed by atoms with Crippen molar-refractivity contribution in [3.8, 4) is 5.75 Å². The van der Waals surface area contributed by atoms with Gasteiger partial charge in [-0.25, -0.2) is 4.85 Å². The Bertz CT molecular complexity index is 608. The zero-order valence-electron chi connectivity index (χ0n) is 10.1. The van der Waals surface area contributed by atoms with E-state index in [1.807, 2.05) is 60.7 Å². The maximum absolute atomic E-state index is 7.10. The Morgan fingerprint density at radius 3 is 2.67 bits per heavy atom. The molecule has 0 N–H and O–H groups in total. The molecule has 0 amide bonds. The molecule has 0 bridgehead atoms. The highest BCUT2D eigenvalue weighted by Crippen LogP contribution is 2.21. The number of benzene rings is 2. The third kappa shape index (κ3) is 2.78. The molecule has 2 aromatic rings. The Labute approximate surface area is 107 Å². The lowest BCUT2D eigenvalue weighted by Crippen LogP contribution is -1.82. The van der Waals surface area contributed by atoms with E-state index in [0.717, 1.165) is 16.9 Å². The summed E-state index contributed by atoms with van der Waals surface area (Å²) in [5.41, 5.74) is 2.64. The van der Waals surface area contributed by atoms with E-state index in [9.17, 15) is 0 Å². The van der Waals surface area contributed by atoms with Crippen LogP contribution < -0.4 is 4.74 Å². The normalized spacial score (nSPS) is 10.2. The summed E-state index contributed by atoms with van der Waals surface area (Å²) in [6, 6.07) is 15.4. The first kappa shape index (κ1) is 11.9. The Kier molecular flexibility index (Phi) is 3.78. The Morgan fingerprint density at radius 1 is 1.06 bits per heavy atom. The summed E-state index contributed by atoms with van der Waals surface area (Å²) in [4.78, 5) is 3.49. The van der Waals surface area contributed by atoms with Crippen molar-refractivity contribution in [2.45, 2.75) is 0 Å². The van der Waals surface area contributed by atoms with E-state index in [4.69, 9.17) is 11.3 Å². The maximum atomic E-state index is 7.10. The summed E-state index contributed by atoms with van der Waals surface area (Å²) in [6.07, 6.45) is 3.93. The minimum absolute atomic E-state index is 0.664. The molecule has 0 radical (unpaired) electrons. The second-order valence-corrected chi connectivity index (χ2v) is 3.78. The first-order valence-corrected chi connectivity index (χ1v) is 5.62. The largest absolute Gasteiger partial charge is 0.497 e. The molecule has 0 saturated carbocycles. The number of hydrogen-bond donors (Lipinski definition) is 0. The van der Waals surface area contributed by atoms with Gasteiger partial charge in [-0.2, -0.15) is 0 Å². The van der Waals surface area contributed by atoms with Gasteiger partial charge in [0.1, 0.15) is 5.75 Å². The second-order valence-electron chi connectivity index (χ2n) is 3.78. The van der Waals surface area contributed by atoms with Crippen LogP contribution in [0.4, 0.5) is 5.69 Å². The van der Waals surface area contributed by atoms with Gasteiger partial charge in [0.05, 0.1) is 13.7 Å². The zero-order chi connectivity index (χ0) is 12.8. The van der Waals surface area contributed by atoms with Crippen molar-refractivity contribution in [1.29, 1.82) is 0 Å². The lowest BCUT2D eigenvalue weighted by Gasteiger charge is -2.00. The summed E-state index contributed by atoms with van der Waals surface area (Å²) < 4.78 is 5.17. The van der Waals surface area contributed by atoms with Gasteiger partial charge in [0.2, 0.25) is 0 Å². The van der Waals surface area contributed by atoms with Gasteiger partial charge in [0.25, 0.3) is 0 Å². The predicted octanol–water partition coefficient (Wildman–Crippen LogP) is 4.42. The van der Waals surface area contributed by atoms with Crippen molar-refractivity contribution < 1.29 is 4.74 Å². The van der Waals surface area contributed by atoms with Crippen LogP contribution >= 0.6 is 0 Å². The molecule has 0 saturated heterocycles. The van der Waals surface area contributed by atoms with Gasteiger partial charge in [-0.15, -0.1) is 0 Å². The molecule has 18 heavy (non-hydrogen) atoms. The first-order chi connectivity index (χ1) is 8.83. The molecule has 2 heteroatoms. The number of rotatable bonds is 3. The number of nitrogens with zero attached hydrogens (tertiary/aromatic N) is 1. The molecule has 0 spiro atoms. The number of ether oxygens (including phenoxy) is 1. The molecule has 0 heterocycles. The monoisotopic (exact) mass is 235 g/mol. The van der Waals surface area contributed by atoms with Crippen LogP contribution in [0.5, 0.6) is 5.75 Å². The van der Waals surface area contributed by atoms with Crippen LogP contribution in [0.1, 0.15) is 11.1 Å². The molecule has 0 aliphatic carbocycles. The molecule has 0 fully saturated rings. The predicted molar refractivity (Wildman–Crippen MR) is 74.6 cm³/mol. The van der Waals surface area contributed by atoms with Crippen molar-refractivity contribution in [2.75, 3.05) is 7.11 Å². The van der Waals surface area contributed by atoms with Crippen LogP contribution in [0.2, 0.25) is 0 Å². The van der Waals surface area contributed by atoms with Crippen LogP contribution in [0.25, 0.3) is 17.0 Å². The van der Waals surface area contributed by atoms with E-state index in [0.29, 0.717) is 5.69 Å². The summed E-state index contributed by atoms with van der Waals surface area (Å²) in [6.45, 7) is 7.10. The second kappa shape index (κ2) is 5.70. The highest BCUT2D eigenvalue weighted by atomic mass is 16.5. The zero-order valence-corrected chi connectivity index (χ0v) is 10.1. The van der Waals surface area contributed by atoms with Crippen molar-refractivity contribution in [2.24, 2.45) is 0 Å². The van der Waals surface area contributed by atoms with E-state index in [1.165, 1.54) is 0 Å². The van der Waals surface area contributed by atoms with Crippen LogP contribution in [-0.4, -0.2) is 7.11 Å². The van der Waals surface area contributed by atoms with E-state index in [-0.39, 0.29) is 0 Å². The molecular weight excluding hydrogens is 222 g/mol. The smallest absolute Gasteiger partial charge is 0.194 e. The van der Waals surface area contributed by atoms with Crippen LogP contribution in [-0.2, 0) is 0 Å². The molecule has 2 nitrogen and oxygen atoms in total. The molecular formula is C16H13NO. The average Bonchev–Trinajstić information content (AvgIpc) is 2.45. The molecule has 0 aromatic heterocycles. The summed E-state index contributed by atoms with van der Waals surface area (Å²) in [7, 11) is 1.65. The molecule has 0 aliphatic rings. The quantitative estimate of drug-likeness (QED) is 0.567. The van der Waals surface area contributed by atoms with Crippen LogP contribution in [0, 0.1) is 6.57 Å². The third-order valence-corrected chi connectivity index (χ3v) is 2.61. The van der Waals surface area contributed by atoms with Crippen molar-refractivity contribution >= 4 is 17.8 Å². The molecule has 2 aromatic carbocycles. The molecule has 0 atom stereocenters. The van der Waals surface area contributed by atoms with Crippen molar-refractivity contribution in [1.82, 2.24) is 0 Å². The SMILES string of the molecule is [C-]#[N+]c1ccccc1/C=C/c1cccc(OC)c1. The number of hydrogen-bond acceptors (Lipinski definition) is 1. The highest BCUT2D eigenvalue weighted by Gasteiger charge is 1.96. The average molecular weight is 235 g/mol. The fourth-order valence-corrected chi connectivity index (χ4v) is 1.66. The third-order valence-electron chi connectivity index (χ3n) is 2.61. The lowest BCUT2D eigenvalue weighted by molar-refractivity contribution is 0.414. The van der Waals surface area contributed by atoms with Gasteiger partial charge in [-0.3, -0.25) is 0 Å². The lowest BCUT2D eigenvalue weighted by atomic mass is 10.1. The maximum Gasteiger partial charge on any atom is 0.194 e. The molecule has 0 unspecified atom stereocenters. The van der Waals surface area contributed by atoms with Gasteiger partial charge < -0.3 is 4.74 Å². The van der Waals surface area contributed by atoms with E-state index in [1.54, 1.807) is 7.11 Å². The van der Waals surface area contributed by atoms with E-state index >= 15 is 0 Å². The summed E-state index contributed by atoms with van der Waals surface area (Å²) >= 11 is 0. The van der Waals surface area contributed by atoms with Gasteiger partial charge in [-0.1, -0.05) is 48.6 Å². The highest BCUT2D eigenvalue weighted by molar-refractivity contribution is 5.77. The summed E-state index contributed by atoms with van der Waals surface area (Å²) in [5.74, 6) is 0.829. The molecule has 2 rings (SSSR count). The Balaban J connectivity index is 2.27. The van der Waals surface area contributed by atoms with Gasteiger partial charge in [-0.05, 0) is 23.3 Å². The minimum atomic E-state index is 0.664. The molecule has 88 valence electrons. The van der Waals surface area contributed by atoms with Crippen molar-refractivity contribution in [3.63, 3.8) is 0 Å². The number of para-hydroxylation sites is 1. The fourth-order valence-electron chi connectivity index (χ4n) is 1.66. The first-order valence-electron chi connectivity index (χ1n) is 5.62. The Hall–Kier alpha value is -2.53. The van der Waals surface area contributed by atoms with Crippen molar-refractivity contribution in [3.05, 3.63) is 71.1 Å². The molecule has 0 aliphatic heterocycles. The van der Waals surface area contributed by atoms with E-state index in [2.05, 4.69) is 4.85 Å². The Morgan fingerprint density at radius 2 is 1.89 bits per heavy atom. The minimum Gasteiger partial charge on any atom is -0.497 e. The van der Waals surface area contributed by atoms with Crippen LogP contribution in [0.15, 0.2) is 48.5 Å². The van der Waals surface area contributed by atoms with E-state index < -0.39 is 0 Å². The van der Waals surface area contributed by atoms with Gasteiger partial charge in [0.15, 0.2) is 5.69 Å². The number of methoxy groups -OCH3 is 1. The van der Waals surface area contributed by atoms with Gasteiger partial charge in [0, 0.05) is 0 Å². The summed E-state index contributed by atoms with van der Waals surface area (Å²) in [5, 5.41) is 0. The topological polar surface area (TPSA) is 13.6 Å². The van der Waals surface area contributed by atoms with Crippen LogP contribution in [0.3, 0.4) is 0 Å².